The molecule has 0 saturated carbocycles. The van der Waals surface area contributed by atoms with Crippen molar-refractivity contribution in [2.24, 2.45) is 10.1 Å². The molecule has 11 heavy (non-hydrogen) atoms. The summed E-state index contributed by atoms with van der Waals surface area (Å²) >= 11 is 0. The van der Waals surface area contributed by atoms with Crippen LogP contribution < -0.4 is 0 Å². The number of rotatable bonds is 4. The third-order valence-corrected chi connectivity index (χ3v) is 0.979. The van der Waals surface area contributed by atoms with Gasteiger partial charge in [0, 0.05) is 13.8 Å². The van der Waals surface area contributed by atoms with Gasteiger partial charge in [-0.1, -0.05) is 0 Å². The van der Waals surface area contributed by atoms with E-state index in [4.69, 9.17) is 0 Å². The first-order valence-corrected chi connectivity index (χ1v) is 3.37. The first kappa shape index (κ1) is 10.1. The van der Waals surface area contributed by atoms with Gasteiger partial charge in [-0.25, -0.2) is 0 Å². The van der Waals surface area contributed by atoms with E-state index in [1.807, 2.05) is 0 Å². The van der Waals surface area contributed by atoms with Crippen molar-refractivity contribution in [3.05, 3.63) is 0 Å². The summed E-state index contributed by atoms with van der Waals surface area (Å²) in [4.78, 5) is 3.75. The maximum atomic E-state index is 9.35. The third kappa shape index (κ3) is 5.54. The SMILES string of the molecule is C=NN(C=NC)CC(C)(C)O. The number of hydrogen-bond donors (Lipinski definition) is 1. The molecule has 0 bridgehead atoms. The summed E-state index contributed by atoms with van der Waals surface area (Å²) in [6.45, 7) is 7.14. The second-order valence-electron chi connectivity index (χ2n) is 2.93. The average molecular weight is 157 g/mol. The van der Waals surface area contributed by atoms with Crippen molar-refractivity contribution in [3.63, 3.8) is 0 Å². The van der Waals surface area contributed by atoms with Gasteiger partial charge in [-0.15, -0.1) is 0 Å². The molecule has 0 aliphatic carbocycles. The first-order chi connectivity index (χ1) is 4.99. The predicted octanol–water partition coefficient (Wildman–Crippen LogP) is 0.333. The van der Waals surface area contributed by atoms with Crippen LogP contribution in [0.15, 0.2) is 10.1 Å². The Hall–Kier alpha value is -0.900. The Balaban J connectivity index is 3.98. The molecule has 0 fully saturated rings. The summed E-state index contributed by atoms with van der Waals surface area (Å²) < 4.78 is 0. The van der Waals surface area contributed by atoms with Crippen LogP contribution in [0.4, 0.5) is 0 Å². The topological polar surface area (TPSA) is 48.2 Å². The van der Waals surface area contributed by atoms with Gasteiger partial charge in [0.05, 0.1) is 12.1 Å². The molecule has 0 heterocycles. The van der Waals surface area contributed by atoms with E-state index >= 15 is 0 Å². The number of hydrazone groups is 1. The molecule has 0 unspecified atom stereocenters. The monoisotopic (exact) mass is 157 g/mol. The fourth-order valence-electron chi connectivity index (χ4n) is 0.657. The van der Waals surface area contributed by atoms with Gasteiger partial charge in [0.15, 0.2) is 0 Å². The molecule has 0 spiro atoms. The molecule has 0 aromatic rings. The Bertz CT molecular complexity index is 148. The second kappa shape index (κ2) is 4.08. The minimum Gasteiger partial charge on any atom is -0.389 e. The second-order valence-corrected chi connectivity index (χ2v) is 2.93. The summed E-state index contributed by atoms with van der Waals surface area (Å²) in [5, 5.41) is 14.5. The van der Waals surface area contributed by atoms with Crippen molar-refractivity contribution in [1.82, 2.24) is 5.01 Å². The van der Waals surface area contributed by atoms with Gasteiger partial charge in [-0.2, -0.15) is 5.10 Å². The zero-order valence-corrected chi connectivity index (χ0v) is 7.28. The van der Waals surface area contributed by atoms with Crippen molar-refractivity contribution < 1.29 is 5.11 Å². The van der Waals surface area contributed by atoms with Crippen molar-refractivity contribution >= 4 is 13.1 Å². The lowest BCUT2D eigenvalue weighted by Gasteiger charge is -2.22. The molecule has 0 rings (SSSR count). The minimum absolute atomic E-state index is 0.397. The highest BCUT2D eigenvalue weighted by molar-refractivity contribution is 5.55. The molecule has 4 heteroatoms. The molecule has 0 radical (unpaired) electrons. The summed E-state index contributed by atoms with van der Waals surface area (Å²) in [5.74, 6) is 0. The molecule has 64 valence electrons. The fraction of sp³-hybridized carbons (Fsp3) is 0.714. The molecule has 0 aliphatic rings. The van der Waals surface area contributed by atoms with E-state index in [2.05, 4.69) is 16.8 Å². The molecule has 0 aromatic carbocycles. The number of nitrogens with zero attached hydrogens (tertiary/aromatic N) is 3. The van der Waals surface area contributed by atoms with E-state index in [0.29, 0.717) is 6.54 Å². The van der Waals surface area contributed by atoms with Gasteiger partial charge in [0.2, 0.25) is 0 Å². The van der Waals surface area contributed by atoms with Crippen molar-refractivity contribution in [2.75, 3.05) is 13.6 Å². The normalized spacial score (nSPS) is 12.0. The highest BCUT2D eigenvalue weighted by Gasteiger charge is 2.15. The Morgan fingerprint density at radius 3 is 2.45 bits per heavy atom. The lowest BCUT2D eigenvalue weighted by molar-refractivity contribution is 0.0582. The summed E-state index contributed by atoms with van der Waals surface area (Å²) in [5.41, 5.74) is -0.775. The molecule has 0 saturated heterocycles. The quantitative estimate of drug-likeness (QED) is 0.363. The maximum Gasteiger partial charge on any atom is 0.106 e. The van der Waals surface area contributed by atoms with Crippen molar-refractivity contribution in [3.8, 4) is 0 Å². The molecule has 0 aromatic heterocycles. The number of hydrogen-bond acceptors (Lipinski definition) is 3. The van der Waals surface area contributed by atoms with Crippen LogP contribution in [0.2, 0.25) is 0 Å². The standard InChI is InChI=1S/C7H15N3O/c1-7(2,11)5-10(9-4)6-8-3/h6,11H,4-5H2,1-3H3. The van der Waals surface area contributed by atoms with E-state index in [0.717, 1.165) is 0 Å². The van der Waals surface area contributed by atoms with Gasteiger partial charge >= 0.3 is 0 Å². The minimum atomic E-state index is -0.775. The molecular weight excluding hydrogens is 142 g/mol. The molecule has 1 N–H and O–H groups in total. The third-order valence-electron chi connectivity index (χ3n) is 0.979. The Morgan fingerprint density at radius 2 is 2.18 bits per heavy atom. The molecular formula is C7H15N3O. The van der Waals surface area contributed by atoms with Crippen molar-refractivity contribution in [2.45, 2.75) is 19.4 Å². The van der Waals surface area contributed by atoms with Gasteiger partial charge < -0.3 is 5.11 Å². The summed E-state index contributed by atoms with van der Waals surface area (Å²) in [7, 11) is 1.64. The van der Waals surface area contributed by atoms with E-state index in [-0.39, 0.29) is 0 Å². The van der Waals surface area contributed by atoms with E-state index in [9.17, 15) is 5.11 Å². The fourth-order valence-corrected chi connectivity index (χ4v) is 0.657. The highest BCUT2D eigenvalue weighted by Crippen LogP contribution is 2.02. The van der Waals surface area contributed by atoms with Crippen LogP contribution in [-0.2, 0) is 0 Å². The average Bonchev–Trinajstić information content (AvgIpc) is 1.84. The molecule has 0 atom stereocenters. The maximum absolute atomic E-state index is 9.35. The zero-order chi connectivity index (χ0) is 8.91. The Kier molecular flexibility index (Phi) is 3.74. The molecule has 0 amide bonds. The largest absolute Gasteiger partial charge is 0.389 e. The van der Waals surface area contributed by atoms with Crippen LogP contribution in [0.5, 0.6) is 0 Å². The molecule has 0 aliphatic heterocycles. The zero-order valence-electron chi connectivity index (χ0n) is 7.28. The number of aliphatic imine (C=N–C) groups is 1. The van der Waals surface area contributed by atoms with Crippen LogP contribution in [0.3, 0.4) is 0 Å². The lowest BCUT2D eigenvalue weighted by Crippen LogP contribution is -2.34. The first-order valence-electron chi connectivity index (χ1n) is 3.37. The summed E-state index contributed by atoms with van der Waals surface area (Å²) in [6.07, 6.45) is 1.52. The van der Waals surface area contributed by atoms with Crippen LogP contribution in [0, 0.1) is 0 Å². The van der Waals surface area contributed by atoms with Crippen molar-refractivity contribution in [1.29, 1.82) is 0 Å². The summed E-state index contributed by atoms with van der Waals surface area (Å²) in [6, 6.07) is 0. The predicted molar refractivity (Wildman–Crippen MR) is 47.0 cm³/mol. The van der Waals surface area contributed by atoms with Crippen LogP contribution >= 0.6 is 0 Å². The van der Waals surface area contributed by atoms with Gasteiger partial charge in [-0.05, 0) is 13.8 Å². The van der Waals surface area contributed by atoms with E-state index in [1.54, 1.807) is 20.9 Å². The van der Waals surface area contributed by atoms with Crippen LogP contribution in [-0.4, -0.2) is 42.4 Å². The van der Waals surface area contributed by atoms with Crippen LogP contribution in [0.25, 0.3) is 0 Å². The van der Waals surface area contributed by atoms with Gasteiger partial charge in [-0.3, -0.25) is 10.0 Å². The Labute approximate surface area is 67.2 Å². The van der Waals surface area contributed by atoms with Gasteiger partial charge in [0.1, 0.15) is 6.34 Å². The smallest absolute Gasteiger partial charge is 0.106 e. The highest BCUT2D eigenvalue weighted by atomic mass is 16.3. The van der Waals surface area contributed by atoms with Crippen LogP contribution in [0.1, 0.15) is 13.8 Å². The van der Waals surface area contributed by atoms with E-state index < -0.39 is 5.60 Å². The van der Waals surface area contributed by atoms with E-state index in [1.165, 1.54) is 11.3 Å². The molecule has 4 nitrogen and oxygen atoms in total. The lowest BCUT2D eigenvalue weighted by atomic mass is 10.1. The number of aliphatic hydroxyl groups is 1. The van der Waals surface area contributed by atoms with Gasteiger partial charge in [0.25, 0.3) is 0 Å². The Morgan fingerprint density at radius 1 is 1.64 bits per heavy atom.